The standard InChI is InChI=1S/C25H20N2O3/c1-15-11-12-17(13-16(15)2)14-26-23-22(28)18-7-3-4-8-19(18)25(30)27(23)21-10-6-5-9-20(21)24(26)29/h3-13,23H,14H2,1-2H3. The van der Waals surface area contributed by atoms with Crippen LogP contribution in [-0.4, -0.2) is 28.7 Å². The van der Waals surface area contributed by atoms with E-state index in [2.05, 4.69) is 0 Å². The van der Waals surface area contributed by atoms with E-state index in [1.807, 2.05) is 32.0 Å². The van der Waals surface area contributed by atoms with Crippen molar-refractivity contribution in [1.82, 2.24) is 4.90 Å². The molecule has 1 unspecified atom stereocenters. The van der Waals surface area contributed by atoms with Crippen molar-refractivity contribution in [3.05, 3.63) is 100 Å². The molecule has 148 valence electrons. The van der Waals surface area contributed by atoms with Gasteiger partial charge in [-0.25, -0.2) is 0 Å². The van der Waals surface area contributed by atoms with Gasteiger partial charge < -0.3 is 4.90 Å². The normalized spacial score (nSPS) is 17.5. The fourth-order valence-corrected chi connectivity index (χ4v) is 4.29. The molecule has 0 saturated heterocycles. The van der Waals surface area contributed by atoms with E-state index in [-0.39, 0.29) is 24.1 Å². The fraction of sp³-hybridized carbons (Fsp3) is 0.160. The highest BCUT2D eigenvalue weighted by atomic mass is 16.2. The van der Waals surface area contributed by atoms with Crippen LogP contribution in [0.2, 0.25) is 0 Å². The molecule has 3 aromatic carbocycles. The van der Waals surface area contributed by atoms with Crippen LogP contribution in [0.15, 0.2) is 66.7 Å². The SMILES string of the molecule is Cc1ccc(CN2C(=O)c3ccccc3N3C(=O)c4ccccc4C(=O)C23)cc1C. The summed E-state index contributed by atoms with van der Waals surface area (Å²) in [6, 6.07) is 19.8. The molecule has 2 aliphatic rings. The van der Waals surface area contributed by atoms with Crippen LogP contribution in [0.25, 0.3) is 0 Å². The maximum Gasteiger partial charge on any atom is 0.261 e. The number of ketones is 1. The average molecular weight is 396 g/mol. The van der Waals surface area contributed by atoms with Crippen molar-refractivity contribution < 1.29 is 14.4 Å². The number of nitrogens with zero attached hydrogens (tertiary/aromatic N) is 2. The highest BCUT2D eigenvalue weighted by molar-refractivity contribution is 6.25. The predicted octanol–water partition coefficient (Wildman–Crippen LogP) is 4.13. The van der Waals surface area contributed by atoms with Gasteiger partial charge in [-0.1, -0.05) is 48.5 Å². The largest absolute Gasteiger partial charge is 0.306 e. The topological polar surface area (TPSA) is 57.7 Å². The number of carbonyl (C=O) groups excluding carboxylic acids is 3. The summed E-state index contributed by atoms with van der Waals surface area (Å²) >= 11 is 0. The Hall–Kier alpha value is -3.73. The van der Waals surface area contributed by atoms with Crippen LogP contribution in [0.3, 0.4) is 0 Å². The molecule has 5 rings (SSSR count). The first-order valence-corrected chi connectivity index (χ1v) is 9.90. The summed E-state index contributed by atoms with van der Waals surface area (Å²) in [5.74, 6) is -0.747. The van der Waals surface area contributed by atoms with Crippen molar-refractivity contribution in [3.63, 3.8) is 0 Å². The molecule has 2 amide bonds. The summed E-state index contributed by atoms with van der Waals surface area (Å²) in [4.78, 5) is 43.3. The fourth-order valence-electron chi connectivity index (χ4n) is 4.29. The first kappa shape index (κ1) is 18.3. The average Bonchev–Trinajstić information content (AvgIpc) is 2.76. The van der Waals surface area contributed by atoms with Gasteiger partial charge in [-0.05, 0) is 48.7 Å². The van der Waals surface area contributed by atoms with Gasteiger partial charge in [-0.15, -0.1) is 0 Å². The van der Waals surface area contributed by atoms with Crippen LogP contribution in [0.5, 0.6) is 0 Å². The Kier molecular flexibility index (Phi) is 4.07. The third-order valence-corrected chi connectivity index (χ3v) is 6.00. The third kappa shape index (κ3) is 2.59. The van der Waals surface area contributed by atoms with Crippen LogP contribution < -0.4 is 4.90 Å². The number of amides is 2. The number of aryl methyl sites for hydroxylation is 2. The van der Waals surface area contributed by atoms with Crippen molar-refractivity contribution in [2.75, 3.05) is 4.90 Å². The molecule has 0 radical (unpaired) electrons. The summed E-state index contributed by atoms with van der Waals surface area (Å²) in [6.07, 6.45) is -0.989. The second-order valence-electron chi connectivity index (χ2n) is 7.83. The quantitative estimate of drug-likeness (QED) is 0.655. The van der Waals surface area contributed by atoms with E-state index in [0.717, 1.165) is 16.7 Å². The van der Waals surface area contributed by atoms with Crippen molar-refractivity contribution in [3.8, 4) is 0 Å². The molecule has 30 heavy (non-hydrogen) atoms. The summed E-state index contributed by atoms with van der Waals surface area (Å²) in [7, 11) is 0. The Balaban J connectivity index is 1.68. The summed E-state index contributed by atoms with van der Waals surface area (Å²) in [6.45, 7) is 4.30. The van der Waals surface area contributed by atoms with Crippen molar-refractivity contribution >= 4 is 23.3 Å². The minimum Gasteiger partial charge on any atom is -0.306 e. The molecular weight excluding hydrogens is 376 g/mol. The first-order chi connectivity index (χ1) is 14.5. The lowest BCUT2D eigenvalue weighted by Crippen LogP contribution is -2.62. The number of rotatable bonds is 2. The number of carbonyl (C=O) groups is 3. The van der Waals surface area contributed by atoms with Crippen molar-refractivity contribution in [1.29, 1.82) is 0 Å². The Bertz CT molecular complexity index is 1230. The van der Waals surface area contributed by atoms with E-state index in [1.54, 1.807) is 48.5 Å². The molecule has 5 heteroatoms. The van der Waals surface area contributed by atoms with Crippen LogP contribution in [0.4, 0.5) is 5.69 Å². The van der Waals surface area contributed by atoms with Crippen molar-refractivity contribution in [2.24, 2.45) is 0 Å². The lowest BCUT2D eigenvalue weighted by molar-refractivity contribution is 0.0540. The summed E-state index contributed by atoms with van der Waals surface area (Å²) in [5, 5.41) is 0. The molecule has 0 aromatic heterocycles. The van der Waals surface area contributed by atoms with Gasteiger partial charge in [0.15, 0.2) is 6.17 Å². The molecule has 0 N–H and O–H groups in total. The van der Waals surface area contributed by atoms with Gasteiger partial charge in [0.05, 0.1) is 16.8 Å². The smallest absolute Gasteiger partial charge is 0.261 e. The minimum absolute atomic E-state index is 0.239. The maximum atomic E-state index is 13.5. The Morgan fingerprint density at radius 1 is 0.733 bits per heavy atom. The third-order valence-electron chi connectivity index (χ3n) is 6.00. The van der Waals surface area contributed by atoms with Gasteiger partial charge in [0.2, 0.25) is 5.78 Å². The van der Waals surface area contributed by atoms with E-state index < -0.39 is 6.17 Å². The lowest BCUT2D eigenvalue weighted by Gasteiger charge is -2.45. The summed E-state index contributed by atoms with van der Waals surface area (Å²) in [5.41, 5.74) is 4.84. The first-order valence-electron chi connectivity index (χ1n) is 9.90. The lowest BCUT2D eigenvalue weighted by atomic mass is 9.91. The highest BCUT2D eigenvalue weighted by Gasteiger charge is 2.48. The van der Waals surface area contributed by atoms with Gasteiger partial charge in [0.25, 0.3) is 11.8 Å². The zero-order valence-corrected chi connectivity index (χ0v) is 16.8. The number of hydrogen-bond donors (Lipinski definition) is 0. The number of hydrogen-bond acceptors (Lipinski definition) is 3. The molecule has 2 heterocycles. The van der Waals surface area contributed by atoms with Crippen molar-refractivity contribution in [2.45, 2.75) is 26.6 Å². The zero-order valence-electron chi connectivity index (χ0n) is 16.8. The number of fused-ring (bicyclic) bond motifs is 4. The molecule has 0 saturated carbocycles. The Morgan fingerprint density at radius 2 is 1.40 bits per heavy atom. The second kappa shape index (κ2) is 6.66. The summed E-state index contributed by atoms with van der Waals surface area (Å²) < 4.78 is 0. The Morgan fingerprint density at radius 3 is 2.13 bits per heavy atom. The molecule has 0 fully saturated rings. The monoisotopic (exact) mass is 396 g/mol. The van der Waals surface area contributed by atoms with Gasteiger partial charge >= 0.3 is 0 Å². The van der Waals surface area contributed by atoms with Gasteiger partial charge in [0, 0.05) is 12.1 Å². The molecule has 1 atom stereocenters. The second-order valence-corrected chi connectivity index (χ2v) is 7.83. The molecule has 3 aromatic rings. The molecule has 0 aliphatic carbocycles. The molecule has 0 bridgehead atoms. The maximum absolute atomic E-state index is 13.5. The van der Waals surface area contributed by atoms with Crippen LogP contribution in [-0.2, 0) is 6.54 Å². The number of para-hydroxylation sites is 1. The number of benzene rings is 3. The van der Waals surface area contributed by atoms with Gasteiger partial charge in [-0.2, -0.15) is 0 Å². The molecule has 2 aliphatic heterocycles. The molecule has 0 spiro atoms. The number of Topliss-reactive ketones (excluding diaryl/α,β-unsaturated/α-hetero) is 1. The van der Waals surface area contributed by atoms with E-state index in [1.165, 1.54) is 9.80 Å². The molecular formula is C25H20N2O3. The van der Waals surface area contributed by atoms with Gasteiger partial charge in [-0.3, -0.25) is 19.3 Å². The van der Waals surface area contributed by atoms with Crippen LogP contribution in [0.1, 0.15) is 47.8 Å². The van der Waals surface area contributed by atoms with Gasteiger partial charge in [0.1, 0.15) is 0 Å². The Labute approximate surface area is 174 Å². The highest BCUT2D eigenvalue weighted by Crippen LogP contribution is 2.37. The number of anilines is 1. The van der Waals surface area contributed by atoms with Crippen LogP contribution >= 0.6 is 0 Å². The molecule has 5 nitrogen and oxygen atoms in total. The predicted molar refractivity (Wildman–Crippen MR) is 114 cm³/mol. The van der Waals surface area contributed by atoms with E-state index in [0.29, 0.717) is 22.4 Å². The van der Waals surface area contributed by atoms with E-state index in [4.69, 9.17) is 0 Å². The zero-order chi connectivity index (χ0) is 21.0. The van der Waals surface area contributed by atoms with Crippen LogP contribution in [0, 0.1) is 13.8 Å². The minimum atomic E-state index is -0.989. The van der Waals surface area contributed by atoms with E-state index in [9.17, 15) is 14.4 Å². The van der Waals surface area contributed by atoms with E-state index >= 15 is 0 Å².